The summed E-state index contributed by atoms with van der Waals surface area (Å²) in [5.41, 5.74) is 16.1. The van der Waals surface area contributed by atoms with Crippen LogP contribution in [0, 0.1) is 0 Å². The van der Waals surface area contributed by atoms with E-state index in [1.54, 1.807) is 0 Å². The van der Waals surface area contributed by atoms with Gasteiger partial charge in [0.1, 0.15) is 24.7 Å². The van der Waals surface area contributed by atoms with E-state index in [1.165, 1.54) is 18.5 Å². The molecule has 1 aromatic carbocycles. The van der Waals surface area contributed by atoms with Gasteiger partial charge in [0.15, 0.2) is 0 Å². The number of benzene rings is 1. The molecule has 0 atom stereocenters. The van der Waals surface area contributed by atoms with Crippen molar-refractivity contribution >= 4 is 24.5 Å². The van der Waals surface area contributed by atoms with E-state index in [2.05, 4.69) is 15.3 Å². The highest BCUT2D eigenvalue weighted by atomic mass is 16.5. The van der Waals surface area contributed by atoms with Gasteiger partial charge in [0.25, 0.3) is 11.8 Å². The van der Waals surface area contributed by atoms with Gasteiger partial charge in [0.05, 0.1) is 36.9 Å². The lowest BCUT2D eigenvalue weighted by Crippen LogP contribution is -2.32. The first-order valence-corrected chi connectivity index (χ1v) is 8.97. The van der Waals surface area contributed by atoms with E-state index in [1.807, 2.05) is 19.0 Å². The summed E-state index contributed by atoms with van der Waals surface area (Å²) in [5.74, 6) is -0.705. The number of nitrogens with two attached hydrogens (primary N) is 3. The molecule has 29 heavy (non-hydrogen) atoms. The summed E-state index contributed by atoms with van der Waals surface area (Å²) in [6.07, 6.45) is 2.33. The lowest BCUT2D eigenvalue weighted by molar-refractivity contribution is 0.0947. The van der Waals surface area contributed by atoms with Crippen molar-refractivity contribution in [3.8, 4) is 11.5 Å². The highest BCUT2D eigenvalue weighted by Gasteiger charge is 2.20. The Hall–Kier alpha value is -3.34. The Kier molecular flexibility index (Phi) is 10.6. The quantitative estimate of drug-likeness (QED) is 0.181. The van der Waals surface area contributed by atoms with Crippen LogP contribution in [0.2, 0.25) is 0 Å². The number of primary amides is 1. The number of amides is 2. The van der Waals surface area contributed by atoms with Crippen LogP contribution >= 0.6 is 0 Å². The van der Waals surface area contributed by atoms with Crippen molar-refractivity contribution in [2.24, 2.45) is 27.2 Å². The van der Waals surface area contributed by atoms with Crippen molar-refractivity contribution < 1.29 is 19.1 Å². The van der Waals surface area contributed by atoms with Gasteiger partial charge in [0, 0.05) is 19.2 Å². The van der Waals surface area contributed by atoms with Gasteiger partial charge in [-0.1, -0.05) is 0 Å². The molecule has 0 aliphatic rings. The number of nitrogens with zero attached hydrogens (tertiary/aromatic N) is 3. The zero-order valence-electron chi connectivity index (χ0n) is 16.8. The number of likely N-dealkylation sites (N-methyl/N-ethyl adjacent to an activating group) is 1. The van der Waals surface area contributed by atoms with Crippen LogP contribution in [-0.2, 0) is 0 Å². The highest BCUT2D eigenvalue weighted by molar-refractivity contribution is 6.02. The molecule has 0 aliphatic carbocycles. The van der Waals surface area contributed by atoms with E-state index in [4.69, 9.17) is 26.7 Å². The summed E-state index contributed by atoms with van der Waals surface area (Å²) in [5, 5.41) is 2.78. The van der Waals surface area contributed by atoms with E-state index in [0.717, 1.165) is 6.34 Å². The molecule has 7 N–H and O–H groups in total. The standard InChI is InChI=1S/C18H29N7O4/c1-25(2)6-3-24-18(27)14-9-13(17(21)26)15(28-7-4-22-11-19)10-16(14)29-8-5-23-12-20/h9-12H,3-8H2,1-2H3,(H2,19,22)(H2,20,23)(H2,21,26)(H,24,27). The monoisotopic (exact) mass is 407 g/mol. The first kappa shape index (κ1) is 23.7. The number of carbonyl (C=O) groups excluding carboxylic acids is 2. The summed E-state index contributed by atoms with van der Waals surface area (Å²) in [7, 11) is 3.79. The van der Waals surface area contributed by atoms with Crippen molar-refractivity contribution in [1.82, 2.24) is 10.2 Å². The second-order valence-electron chi connectivity index (χ2n) is 6.08. The molecule has 2 amide bonds. The van der Waals surface area contributed by atoms with Gasteiger partial charge in [-0.15, -0.1) is 0 Å². The Labute approximate surface area is 169 Å². The van der Waals surface area contributed by atoms with E-state index >= 15 is 0 Å². The fourth-order valence-corrected chi connectivity index (χ4v) is 2.22. The molecule has 11 nitrogen and oxygen atoms in total. The van der Waals surface area contributed by atoms with Gasteiger partial charge in [-0.3, -0.25) is 19.6 Å². The Morgan fingerprint density at radius 3 is 2.07 bits per heavy atom. The van der Waals surface area contributed by atoms with Crippen LogP contribution in [0.3, 0.4) is 0 Å². The minimum Gasteiger partial charge on any atom is -0.491 e. The molecule has 11 heteroatoms. The fourth-order valence-electron chi connectivity index (χ4n) is 2.22. The average molecular weight is 407 g/mol. The van der Waals surface area contributed by atoms with Crippen molar-refractivity contribution in [2.45, 2.75) is 0 Å². The third-order valence-electron chi connectivity index (χ3n) is 3.60. The van der Waals surface area contributed by atoms with E-state index in [9.17, 15) is 9.59 Å². The van der Waals surface area contributed by atoms with Crippen LogP contribution in [0.4, 0.5) is 0 Å². The maximum Gasteiger partial charge on any atom is 0.255 e. The second-order valence-corrected chi connectivity index (χ2v) is 6.08. The molecule has 0 saturated heterocycles. The number of aliphatic imine (C=N–C) groups is 2. The molecule has 1 rings (SSSR count). The smallest absolute Gasteiger partial charge is 0.255 e. The van der Waals surface area contributed by atoms with Gasteiger partial charge < -0.3 is 36.9 Å². The van der Waals surface area contributed by atoms with E-state index < -0.39 is 11.8 Å². The Morgan fingerprint density at radius 1 is 1.03 bits per heavy atom. The molecule has 1 aromatic rings. The average Bonchev–Trinajstić information content (AvgIpc) is 2.68. The minimum atomic E-state index is -0.732. The first-order chi connectivity index (χ1) is 13.9. The number of ether oxygens (including phenoxy) is 2. The maximum atomic E-state index is 12.6. The molecule has 0 aromatic heterocycles. The van der Waals surface area contributed by atoms with Gasteiger partial charge in [-0.05, 0) is 20.2 Å². The van der Waals surface area contributed by atoms with Crippen LogP contribution in [0.25, 0.3) is 0 Å². The third kappa shape index (κ3) is 8.47. The molecule has 160 valence electrons. The van der Waals surface area contributed by atoms with Crippen molar-refractivity contribution in [3.05, 3.63) is 23.3 Å². The SMILES string of the molecule is CN(C)CCNC(=O)c1cc(C(N)=O)c(OCCN=CN)cc1OCCN=CN. The van der Waals surface area contributed by atoms with Crippen molar-refractivity contribution in [1.29, 1.82) is 0 Å². The van der Waals surface area contributed by atoms with Gasteiger partial charge in [-0.25, -0.2) is 0 Å². The highest BCUT2D eigenvalue weighted by Crippen LogP contribution is 2.29. The fraction of sp³-hybridized carbons (Fsp3) is 0.444. The van der Waals surface area contributed by atoms with Gasteiger partial charge >= 0.3 is 0 Å². The number of rotatable bonds is 13. The number of hydrogen-bond acceptors (Lipinski definition) is 7. The molecule has 0 saturated carbocycles. The van der Waals surface area contributed by atoms with Crippen molar-refractivity contribution in [3.63, 3.8) is 0 Å². The first-order valence-electron chi connectivity index (χ1n) is 8.97. The predicted octanol–water partition coefficient (Wildman–Crippen LogP) is -1.19. The summed E-state index contributed by atoms with van der Waals surface area (Å²) in [6.45, 7) is 2.01. The molecule has 0 radical (unpaired) electrons. The Balaban J connectivity index is 3.14. The lowest BCUT2D eigenvalue weighted by Gasteiger charge is -2.16. The molecular formula is C18H29N7O4. The number of hydrogen-bond donors (Lipinski definition) is 4. The minimum absolute atomic E-state index is 0.0619. The molecule has 0 aliphatic heterocycles. The maximum absolute atomic E-state index is 12.6. The largest absolute Gasteiger partial charge is 0.491 e. The van der Waals surface area contributed by atoms with Crippen LogP contribution in [0.5, 0.6) is 11.5 Å². The van der Waals surface area contributed by atoms with Crippen LogP contribution < -0.4 is 32.0 Å². The summed E-state index contributed by atoms with van der Waals surface area (Å²) in [4.78, 5) is 34.1. The Morgan fingerprint density at radius 2 is 1.59 bits per heavy atom. The summed E-state index contributed by atoms with van der Waals surface area (Å²) < 4.78 is 11.2. The molecule has 0 fully saturated rings. The van der Waals surface area contributed by atoms with Gasteiger partial charge in [0.2, 0.25) is 0 Å². The van der Waals surface area contributed by atoms with Crippen LogP contribution in [-0.4, -0.2) is 82.9 Å². The van der Waals surface area contributed by atoms with Gasteiger partial charge in [-0.2, -0.15) is 0 Å². The molecule has 0 heterocycles. The van der Waals surface area contributed by atoms with Crippen molar-refractivity contribution in [2.75, 3.05) is 53.5 Å². The van der Waals surface area contributed by atoms with Crippen LogP contribution in [0.1, 0.15) is 20.7 Å². The number of carbonyl (C=O) groups is 2. The molecule has 0 bridgehead atoms. The summed E-state index contributed by atoms with van der Waals surface area (Å²) >= 11 is 0. The predicted molar refractivity (Wildman–Crippen MR) is 112 cm³/mol. The normalized spacial score (nSPS) is 11.3. The Bertz CT molecular complexity index is 735. The zero-order chi connectivity index (χ0) is 21.6. The molecule has 0 spiro atoms. The third-order valence-corrected chi connectivity index (χ3v) is 3.60. The zero-order valence-corrected chi connectivity index (χ0v) is 16.8. The molecule has 0 unspecified atom stereocenters. The van der Waals surface area contributed by atoms with Crippen LogP contribution in [0.15, 0.2) is 22.1 Å². The van der Waals surface area contributed by atoms with E-state index in [0.29, 0.717) is 26.2 Å². The topological polar surface area (TPSA) is 171 Å². The lowest BCUT2D eigenvalue weighted by atomic mass is 10.1. The molecular weight excluding hydrogens is 378 g/mol. The van der Waals surface area contributed by atoms with E-state index in [-0.39, 0.29) is 35.8 Å². The summed E-state index contributed by atoms with van der Waals surface area (Å²) in [6, 6.07) is 2.82. The second kappa shape index (κ2) is 12.9. The number of nitrogens with one attached hydrogen (secondary N) is 1.